The van der Waals surface area contributed by atoms with Crippen molar-refractivity contribution in [1.29, 1.82) is 0 Å². The summed E-state index contributed by atoms with van der Waals surface area (Å²) in [5, 5.41) is 11.3. The minimum absolute atomic E-state index is 0.0186. The first-order valence-corrected chi connectivity index (χ1v) is 12.4. The summed E-state index contributed by atoms with van der Waals surface area (Å²) in [6.07, 6.45) is 3.54. The normalized spacial score (nSPS) is 15.1. The molecule has 2 amide bonds. The van der Waals surface area contributed by atoms with Crippen LogP contribution in [-0.2, 0) is 23.1 Å². The maximum absolute atomic E-state index is 13.6. The summed E-state index contributed by atoms with van der Waals surface area (Å²) < 4.78 is 12.9. The van der Waals surface area contributed by atoms with Crippen molar-refractivity contribution in [3.8, 4) is 5.75 Å². The molecule has 1 atom stereocenters. The minimum atomic E-state index is -0.185. The van der Waals surface area contributed by atoms with Gasteiger partial charge in [-0.15, -0.1) is 10.2 Å². The van der Waals surface area contributed by atoms with Crippen LogP contribution in [0.15, 0.2) is 60.0 Å². The lowest BCUT2D eigenvalue weighted by Crippen LogP contribution is -2.37. The van der Waals surface area contributed by atoms with E-state index in [4.69, 9.17) is 9.47 Å². The van der Waals surface area contributed by atoms with Crippen molar-refractivity contribution in [2.75, 3.05) is 31.3 Å². The van der Waals surface area contributed by atoms with Gasteiger partial charge in [0, 0.05) is 38.0 Å². The number of aromatic nitrogens is 3. The molecule has 1 saturated heterocycles. The van der Waals surface area contributed by atoms with E-state index in [1.807, 2.05) is 31.3 Å². The summed E-state index contributed by atoms with van der Waals surface area (Å²) in [5.41, 5.74) is 2.04. The summed E-state index contributed by atoms with van der Waals surface area (Å²) >= 11 is 1.30. The van der Waals surface area contributed by atoms with Gasteiger partial charge >= 0.3 is 0 Å². The Morgan fingerprint density at radius 1 is 1.26 bits per heavy atom. The molecule has 0 bridgehead atoms. The van der Waals surface area contributed by atoms with Crippen LogP contribution in [0, 0.1) is 0 Å². The average Bonchev–Trinajstić information content (AvgIpc) is 3.53. The van der Waals surface area contributed by atoms with E-state index in [2.05, 4.69) is 15.5 Å². The Balaban J connectivity index is 1.45. The maximum Gasteiger partial charge on any atom is 0.254 e. The highest BCUT2D eigenvalue weighted by molar-refractivity contribution is 7.99. The quantitative estimate of drug-likeness (QED) is 0.431. The average molecular weight is 496 g/mol. The van der Waals surface area contributed by atoms with Crippen molar-refractivity contribution in [2.24, 2.45) is 7.05 Å². The van der Waals surface area contributed by atoms with E-state index < -0.39 is 0 Å². The van der Waals surface area contributed by atoms with Crippen molar-refractivity contribution in [2.45, 2.75) is 30.6 Å². The first-order valence-electron chi connectivity index (χ1n) is 11.4. The molecule has 1 unspecified atom stereocenters. The van der Waals surface area contributed by atoms with Crippen molar-refractivity contribution >= 4 is 29.3 Å². The largest absolute Gasteiger partial charge is 0.497 e. The van der Waals surface area contributed by atoms with E-state index in [9.17, 15) is 9.59 Å². The summed E-state index contributed by atoms with van der Waals surface area (Å²) in [6, 6.07) is 14.7. The lowest BCUT2D eigenvalue weighted by Gasteiger charge is -2.26. The van der Waals surface area contributed by atoms with Crippen LogP contribution in [0.25, 0.3) is 0 Å². The second-order valence-electron chi connectivity index (χ2n) is 8.31. The SMILES string of the molecule is COc1cccc(CN(CC2CCCO2)C(=O)c2cccc(NC(=O)CSc3nncn3C)c2)c1. The van der Waals surface area contributed by atoms with E-state index >= 15 is 0 Å². The zero-order chi connectivity index (χ0) is 24.6. The molecule has 3 aromatic rings. The number of carbonyl (C=O) groups is 2. The summed E-state index contributed by atoms with van der Waals surface area (Å²) in [4.78, 5) is 27.8. The fourth-order valence-corrected chi connectivity index (χ4v) is 4.58. The molecule has 184 valence electrons. The highest BCUT2D eigenvalue weighted by atomic mass is 32.2. The molecule has 0 saturated carbocycles. The van der Waals surface area contributed by atoms with Crippen LogP contribution in [-0.4, -0.2) is 63.6 Å². The van der Waals surface area contributed by atoms with Crippen molar-refractivity contribution in [1.82, 2.24) is 19.7 Å². The third-order valence-corrected chi connectivity index (χ3v) is 6.67. The van der Waals surface area contributed by atoms with Gasteiger partial charge in [0.15, 0.2) is 5.16 Å². The Morgan fingerprint density at radius 3 is 2.86 bits per heavy atom. The van der Waals surface area contributed by atoms with Crippen molar-refractivity contribution < 1.29 is 19.1 Å². The highest BCUT2D eigenvalue weighted by Crippen LogP contribution is 2.21. The van der Waals surface area contributed by atoms with Gasteiger partial charge in [0.1, 0.15) is 12.1 Å². The summed E-state index contributed by atoms with van der Waals surface area (Å²) in [7, 11) is 3.45. The number of methoxy groups -OCH3 is 1. The molecule has 0 aliphatic carbocycles. The van der Waals surface area contributed by atoms with Crippen LogP contribution in [0.4, 0.5) is 5.69 Å². The van der Waals surface area contributed by atoms with Crippen LogP contribution in [0.1, 0.15) is 28.8 Å². The molecule has 10 heteroatoms. The Labute approximate surface area is 208 Å². The van der Waals surface area contributed by atoms with Crippen LogP contribution in [0.2, 0.25) is 0 Å². The number of ether oxygens (including phenoxy) is 2. The zero-order valence-electron chi connectivity index (χ0n) is 19.8. The van der Waals surface area contributed by atoms with Crippen LogP contribution < -0.4 is 10.1 Å². The third kappa shape index (κ3) is 6.83. The van der Waals surface area contributed by atoms with Gasteiger partial charge in [0.2, 0.25) is 5.91 Å². The fraction of sp³-hybridized carbons (Fsp3) is 0.360. The Bertz CT molecular complexity index is 1160. The number of anilines is 1. The molecule has 1 aliphatic rings. The number of nitrogens with zero attached hydrogens (tertiary/aromatic N) is 4. The number of thioether (sulfide) groups is 1. The number of hydrogen-bond donors (Lipinski definition) is 1. The Kier molecular flexibility index (Phi) is 8.38. The number of carbonyl (C=O) groups excluding carboxylic acids is 2. The molecule has 0 spiro atoms. The topological polar surface area (TPSA) is 98.6 Å². The number of nitrogens with one attached hydrogen (secondary N) is 1. The number of amides is 2. The molecule has 9 nitrogen and oxygen atoms in total. The van der Waals surface area contributed by atoms with E-state index in [0.717, 1.165) is 30.8 Å². The molecule has 1 aromatic heterocycles. The van der Waals surface area contributed by atoms with Crippen LogP contribution >= 0.6 is 11.8 Å². The summed E-state index contributed by atoms with van der Waals surface area (Å²) in [6.45, 7) is 1.65. The van der Waals surface area contributed by atoms with E-state index in [1.165, 1.54) is 11.8 Å². The number of aryl methyl sites for hydroxylation is 1. The lowest BCUT2D eigenvalue weighted by molar-refractivity contribution is -0.113. The number of rotatable bonds is 10. The van der Waals surface area contributed by atoms with Gasteiger partial charge in [-0.2, -0.15) is 0 Å². The maximum atomic E-state index is 13.6. The zero-order valence-corrected chi connectivity index (χ0v) is 20.7. The van der Waals surface area contributed by atoms with E-state index in [1.54, 1.807) is 47.2 Å². The first-order chi connectivity index (χ1) is 17.0. The smallest absolute Gasteiger partial charge is 0.254 e. The Hall–Kier alpha value is -3.37. The minimum Gasteiger partial charge on any atom is -0.497 e. The molecule has 1 aliphatic heterocycles. The monoisotopic (exact) mass is 495 g/mol. The fourth-order valence-electron chi connectivity index (χ4n) is 3.89. The molecular weight excluding hydrogens is 466 g/mol. The third-order valence-electron chi connectivity index (χ3n) is 5.64. The Morgan fingerprint density at radius 2 is 2.11 bits per heavy atom. The van der Waals surface area contributed by atoms with Crippen molar-refractivity contribution in [3.05, 3.63) is 66.0 Å². The van der Waals surface area contributed by atoms with Gasteiger partial charge in [-0.25, -0.2) is 0 Å². The molecule has 2 aromatic carbocycles. The van der Waals surface area contributed by atoms with Gasteiger partial charge < -0.3 is 24.3 Å². The molecule has 1 fully saturated rings. The molecule has 0 radical (unpaired) electrons. The first kappa shape index (κ1) is 24.7. The molecule has 1 N–H and O–H groups in total. The number of hydrogen-bond acceptors (Lipinski definition) is 7. The van der Waals surface area contributed by atoms with Gasteiger partial charge in [-0.05, 0) is 48.7 Å². The van der Waals surface area contributed by atoms with Crippen LogP contribution in [0.3, 0.4) is 0 Å². The molecule has 4 rings (SSSR count). The predicted octanol–water partition coefficient (Wildman–Crippen LogP) is 3.38. The van der Waals surface area contributed by atoms with E-state index in [0.29, 0.717) is 29.5 Å². The molecule has 35 heavy (non-hydrogen) atoms. The van der Waals surface area contributed by atoms with E-state index in [-0.39, 0.29) is 23.7 Å². The van der Waals surface area contributed by atoms with Gasteiger partial charge in [0.05, 0.1) is 19.0 Å². The number of benzene rings is 2. The molecular formula is C25H29N5O4S. The van der Waals surface area contributed by atoms with Gasteiger partial charge in [0.25, 0.3) is 5.91 Å². The predicted molar refractivity (Wildman–Crippen MR) is 134 cm³/mol. The second kappa shape index (κ2) is 11.9. The van der Waals surface area contributed by atoms with Gasteiger partial charge in [-0.3, -0.25) is 9.59 Å². The van der Waals surface area contributed by atoms with Crippen molar-refractivity contribution in [3.63, 3.8) is 0 Å². The highest BCUT2D eigenvalue weighted by Gasteiger charge is 2.24. The molecule has 2 heterocycles. The second-order valence-corrected chi connectivity index (χ2v) is 9.26. The lowest BCUT2D eigenvalue weighted by atomic mass is 10.1. The van der Waals surface area contributed by atoms with Gasteiger partial charge in [-0.1, -0.05) is 30.0 Å². The van der Waals surface area contributed by atoms with Crippen LogP contribution in [0.5, 0.6) is 5.75 Å². The standard InChI is InChI=1S/C25H29N5O4S/c1-29-17-26-28-25(29)35-16-23(31)27-20-8-4-7-19(13-20)24(32)30(15-22-10-5-11-34-22)14-18-6-3-9-21(12-18)33-2/h3-4,6-9,12-13,17,22H,5,10-11,14-16H2,1-2H3,(H,27,31). The summed E-state index contributed by atoms with van der Waals surface area (Å²) in [5.74, 6) is 0.630.